The van der Waals surface area contributed by atoms with E-state index in [0.717, 1.165) is 0 Å². The molecule has 2 amide bonds. The summed E-state index contributed by atoms with van der Waals surface area (Å²) in [6.07, 6.45) is 0. The minimum absolute atomic E-state index is 0.00765. The van der Waals surface area contributed by atoms with Gasteiger partial charge in [-0.15, -0.1) is 0 Å². The summed E-state index contributed by atoms with van der Waals surface area (Å²) in [4.78, 5) is 28.3. The van der Waals surface area contributed by atoms with Gasteiger partial charge in [-0.05, 0) is 30.3 Å². The van der Waals surface area contributed by atoms with Crippen LogP contribution in [0.5, 0.6) is 11.5 Å². The molecule has 154 valence electrons. The van der Waals surface area contributed by atoms with Crippen molar-refractivity contribution in [3.8, 4) is 17.6 Å². The smallest absolute Gasteiger partial charge is 0.251 e. The van der Waals surface area contributed by atoms with Gasteiger partial charge in [0.25, 0.3) is 5.91 Å². The van der Waals surface area contributed by atoms with Crippen LogP contribution in [0, 0.1) is 17.1 Å². The molecular formula is C21H19FN4O4. The molecule has 30 heavy (non-hydrogen) atoms. The molecule has 0 bridgehead atoms. The van der Waals surface area contributed by atoms with Gasteiger partial charge in [-0.2, -0.15) is 5.26 Å². The van der Waals surface area contributed by atoms with Crippen molar-refractivity contribution >= 4 is 17.5 Å². The van der Waals surface area contributed by atoms with Crippen molar-refractivity contribution in [3.63, 3.8) is 0 Å². The van der Waals surface area contributed by atoms with Crippen LogP contribution in [0.25, 0.3) is 0 Å². The molecule has 2 heterocycles. The van der Waals surface area contributed by atoms with Gasteiger partial charge >= 0.3 is 0 Å². The Balaban J connectivity index is 1.30. The summed E-state index contributed by atoms with van der Waals surface area (Å²) < 4.78 is 24.3. The van der Waals surface area contributed by atoms with E-state index in [1.54, 1.807) is 35.2 Å². The summed E-state index contributed by atoms with van der Waals surface area (Å²) in [5.41, 5.74) is 0.918. The number of amides is 2. The third kappa shape index (κ3) is 3.85. The quantitative estimate of drug-likeness (QED) is 0.821. The lowest BCUT2D eigenvalue weighted by molar-refractivity contribution is -0.130. The second kappa shape index (κ2) is 8.29. The predicted octanol–water partition coefficient (Wildman–Crippen LogP) is 1.50. The van der Waals surface area contributed by atoms with Gasteiger partial charge in [0, 0.05) is 31.7 Å². The van der Waals surface area contributed by atoms with Crippen molar-refractivity contribution in [3.05, 3.63) is 53.3 Å². The maximum Gasteiger partial charge on any atom is 0.251 e. The summed E-state index contributed by atoms with van der Waals surface area (Å²) in [7, 11) is 0. The predicted molar refractivity (Wildman–Crippen MR) is 105 cm³/mol. The molecule has 9 heteroatoms. The zero-order chi connectivity index (χ0) is 21.1. The lowest BCUT2D eigenvalue weighted by Crippen LogP contribution is -2.51. The average Bonchev–Trinajstić information content (AvgIpc) is 3.25. The second-order valence-electron chi connectivity index (χ2n) is 6.86. The third-order valence-corrected chi connectivity index (χ3v) is 5.11. The van der Waals surface area contributed by atoms with Crippen molar-refractivity contribution in [2.75, 3.05) is 44.4 Å². The average molecular weight is 410 g/mol. The van der Waals surface area contributed by atoms with E-state index < -0.39 is 5.82 Å². The molecule has 1 fully saturated rings. The van der Waals surface area contributed by atoms with Gasteiger partial charge in [0.15, 0.2) is 11.5 Å². The molecule has 0 unspecified atom stereocenters. The number of carbonyl (C=O) groups is 2. The number of ether oxygens (including phenoxy) is 2. The molecule has 0 radical (unpaired) electrons. The minimum atomic E-state index is -0.556. The Labute approximate surface area is 172 Å². The number of halogens is 1. The van der Waals surface area contributed by atoms with E-state index in [4.69, 9.17) is 9.47 Å². The van der Waals surface area contributed by atoms with E-state index in [-0.39, 0.29) is 30.7 Å². The Morgan fingerprint density at radius 1 is 1.10 bits per heavy atom. The number of benzene rings is 2. The molecule has 0 atom stereocenters. The van der Waals surface area contributed by atoms with Crippen LogP contribution in [0.15, 0.2) is 36.4 Å². The summed E-state index contributed by atoms with van der Waals surface area (Å²) in [6, 6.07) is 11.3. The van der Waals surface area contributed by atoms with Crippen LogP contribution < -0.4 is 19.7 Å². The van der Waals surface area contributed by atoms with Gasteiger partial charge in [-0.3, -0.25) is 9.59 Å². The maximum atomic E-state index is 13.8. The highest BCUT2D eigenvalue weighted by Crippen LogP contribution is 2.32. The largest absolute Gasteiger partial charge is 0.454 e. The Hall–Kier alpha value is -3.80. The Morgan fingerprint density at radius 3 is 2.63 bits per heavy atom. The molecule has 4 rings (SSSR count). The van der Waals surface area contributed by atoms with Gasteiger partial charge in [0.05, 0.1) is 12.2 Å². The Kier molecular flexibility index (Phi) is 5.39. The normalized spacial score (nSPS) is 14.9. The summed E-state index contributed by atoms with van der Waals surface area (Å²) in [6.45, 7) is 1.77. The van der Waals surface area contributed by atoms with Gasteiger partial charge in [-0.1, -0.05) is 6.07 Å². The van der Waals surface area contributed by atoms with Crippen LogP contribution in [0.4, 0.5) is 10.1 Å². The highest BCUT2D eigenvalue weighted by atomic mass is 19.1. The topological polar surface area (TPSA) is 94.9 Å². The molecule has 2 aromatic rings. The maximum absolute atomic E-state index is 13.8. The number of piperazine rings is 1. The fourth-order valence-corrected chi connectivity index (χ4v) is 3.49. The van der Waals surface area contributed by atoms with Crippen molar-refractivity contribution in [2.24, 2.45) is 0 Å². The van der Waals surface area contributed by atoms with Crippen LogP contribution in [-0.4, -0.2) is 56.2 Å². The Morgan fingerprint density at radius 2 is 1.87 bits per heavy atom. The number of carbonyl (C=O) groups excluding carboxylic acids is 2. The fraction of sp³-hybridized carbons (Fsp3) is 0.286. The highest BCUT2D eigenvalue weighted by molar-refractivity contribution is 5.97. The first-order chi connectivity index (χ1) is 14.6. The van der Waals surface area contributed by atoms with E-state index in [0.29, 0.717) is 48.9 Å². The van der Waals surface area contributed by atoms with Gasteiger partial charge < -0.3 is 24.6 Å². The molecule has 1 N–H and O–H groups in total. The van der Waals surface area contributed by atoms with Crippen molar-refractivity contribution in [2.45, 2.75) is 0 Å². The van der Waals surface area contributed by atoms with Crippen molar-refractivity contribution in [1.82, 2.24) is 10.2 Å². The number of anilines is 1. The van der Waals surface area contributed by atoms with E-state index >= 15 is 0 Å². The van der Waals surface area contributed by atoms with Crippen molar-refractivity contribution in [1.29, 1.82) is 5.26 Å². The van der Waals surface area contributed by atoms with E-state index in [9.17, 15) is 19.2 Å². The summed E-state index contributed by atoms with van der Waals surface area (Å²) in [5, 5.41) is 11.8. The molecule has 2 aliphatic rings. The second-order valence-corrected chi connectivity index (χ2v) is 6.86. The summed E-state index contributed by atoms with van der Waals surface area (Å²) >= 11 is 0. The van der Waals surface area contributed by atoms with Crippen LogP contribution in [0.2, 0.25) is 0 Å². The van der Waals surface area contributed by atoms with Crippen LogP contribution in [-0.2, 0) is 4.79 Å². The van der Waals surface area contributed by atoms with E-state index in [1.165, 1.54) is 6.07 Å². The van der Waals surface area contributed by atoms with Crippen LogP contribution in [0.1, 0.15) is 15.9 Å². The van der Waals surface area contributed by atoms with E-state index in [1.807, 2.05) is 11.0 Å². The fourth-order valence-electron chi connectivity index (χ4n) is 3.49. The minimum Gasteiger partial charge on any atom is -0.454 e. The molecule has 0 aliphatic carbocycles. The van der Waals surface area contributed by atoms with Crippen molar-refractivity contribution < 1.29 is 23.5 Å². The first-order valence-electron chi connectivity index (χ1n) is 9.46. The highest BCUT2D eigenvalue weighted by Gasteiger charge is 2.24. The lowest BCUT2D eigenvalue weighted by atomic mass is 10.1. The number of rotatable bonds is 4. The molecule has 8 nitrogen and oxygen atoms in total. The van der Waals surface area contributed by atoms with Crippen LogP contribution >= 0.6 is 0 Å². The van der Waals surface area contributed by atoms with Gasteiger partial charge in [0.2, 0.25) is 12.7 Å². The molecule has 1 saturated heterocycles. The Bertz CT molecular complexity index is 1030. The molecule has 0 aromatic heterocycles. The number of hydrogen-bond donors (Lipinski definition) is 1. The number of hydrogen-bond acceptors (Lipinski definition) is 6. The molecular weight excluding hydrogens is 391 g/mol. The van der Waals surface area contributed by atoms with Gasteiger partial charge in [0.1, 0.15) is 17.4 Å². The molecule has 0 spiro atoms. The molecule has 0 saturated carbocycles. The number of nitrogens with zero attached hydrogens (tertiary/aromatic N) is 3. The van der Waals surface area contributed by atoms with Crippen LogP contribution in [0.3, 0.4) is 0 Å². The number of nitriles is 1. The SMILES string of the molecule is N#Cc1c(F)cccc1N1CCN(C(=O)CNC(=O)c2ccc3c(c2)OCO3)CC1. The summed E-state index contributed by atoms with van der Waals surface area (Å²) in [5.74, 6) is -0.0560. The number of nitrogens with one attached hydrogen (secondary N) is 1. The first kappa shape index (κ1) is 19.5. The standard InChI is InChI=1S/C21H19FN4O4/c22-16-2-1-3-17(15(16)11-23)25-6-8-26(9-7-25)20(27)12-24-21(28)14-4-5-18-19(10-14)30-13-29-18/h1-5,10H,6-9,12-13H2,(H,24,28). The zero-order valence-corrected chi connectivity index (χ0v) is 16.1. The lowest BCUT2D eigenvalue weighted by Gasteiger charge is -2.36. The zero-order valence-electron chi connectivity index (χ0n) is 16.1. The first-order valence-corrected chi connectivity index (χ1v) is 9.46. The monoisotopic (exact) mass is 410 g/mol. The molecule has 2 aliphatic heterocycles. The van der Waals surface area contributed by atoms with Gasteiger partial charge in [-0.25, -0.2) is 4.39 Å². The number of fused-ring (bicyclic) bond motifs is 1. The van der Waals surface area contributed by atoms with E-state index in [2.05, 4.69) is 5.32 Å². The third-order valence-electron chi connectivity index (χ3n) is 5.11. The molecule has 2 aromatic carbocycles.